The first-order valence-corrected chi connectivity index (χ1v) is 7.93. The molecule has 3 heteroatoms. The van der Waals surface area contributed by atoms with Gasteiger partial charge in [0.2, 0.25) is 0 Å². The molecule has 0 bridgehead atoms. The fourth-order valence-corrected chi connectivity index (χ4v) is 3.12. The molecule has 18 heavy (non-hydrogen) atoms. The highest BCUT2D eigenvalue weighted by molar-refractivity contribution is 7.12. The number of rotatable bonds is 8. The van der Waals surface area contributed by atoms with Gasteiger partial charge in [0.1, 0.15) is 0 Å². The van der Waals surface area contributed by atoms with Crippen LogP contribution in [0.15, 0.2) is 6.07 Å². The monoisotopic (exact) mass is 268 g/mol. The van der Waals surface area contributed by atoms with Gasteiger partial charge >= 0.3 is 0 Å². The molecule has 0 aliphatic rings. The van der Waals surface area contributed by atoms with Crippen molar-refractivity contribution >= 4 is 11.3 Å². The SMILES string of the molecule is CCCNCc1cc(CN(CC)C(C)C)c(C)s1. The van der Waals surface area contributed by atoms with Crippen molar-refractivity contribution in [3.63, 3.8) is 0 Å². The smallest absolute Gasteiger partial charge is 0.0299 e. The van der Waals surface area contributed by atoms with Crippen molar-refractivity contribution in [2.75, 3.05) is 13.1 Å². The van der Waals surface area contributed by atoms with Crippen molar-refractivity contribution < 1.29 is 0 Å². The summed E-state index contributed by atoms with van der Waals surface area (Å²) >= 11 is 1.94. The fourth-order valence-electron chi connectivity index (χ4n) is 2.10. The molecule has 0 fully saturated rings. The lowest BCUT2D eigenvalue weighted by molar-refractivity contribution is 0.225. The summed E-state index contributed by atoms with van der Waals surface area (Å²) in [6.45, 7) is 15.6. The molecule has 104 valence electrons. The van der Waals surface area contributed by atoms with E-state index in [1.807, 2.05) is 11.3 Å². The van der Waals surface area contributed by atoms with Gasteiger partial charge in [-0.05, 0) is 51.9 Å². The lowest BCUT2D eigenvalue weighted by Crippen LogP contribution is -2.29. The molecule has 1 rings (SSSR count). The van der Waals surface area contributed by atoms with Crippen LogP contribution in [0.4, 0.5) is 0 Å². The normalized spacial score (nSPS) is 11.7. The van der Waals surface area contributed by atoms with Gasteiger partial charge in [-0.15, -0.1) is 11.3 Å². The number of thiophene rings is 1. The van der Waals surface area contributed by atoms with E-state index >= 15 is 0 Å². The molecule has 0 aliphatic heterocycles. The molecule has 0 spiro atoms. The fraction of sp³-hybridized carbons (Fsp3) is 0.733. The average molecular weight is 268 g/mol. The summed E-state index contributed by atoms with van der Waals surface area (Å²) in [5.74, 6) is 0. The predicted octanol–water partition coefficient (Wildman–Crippen LogP) is 3.79. The third-order valence-corrected chi connectivity index (χ3v) is 4.40. The van der Waals surface area contributed by atoms with Gasteiger partial charge < -0.3 is 5.32 Å². The molecule has 0 saturated carbocycles. The van der Waals surface area contributed by atoms with Crippen LogP contribution in [0.3, 0.4) is 0 Å². The second kappa shape index (κ2) is 7.93. The van der Waals surface area contributed by atoms with Crippen LogP contribution in [0.1, 0.15) is 49.4 Å². The Balaban J connectivity index is 2.60. The molecule has 0 saturated heterocycles. The molecule has 0 aliphatic carbocycles. The van der Waals surface area contributed by atoms with Crippen LogP contribution in [0.25, 0.3) is 0 Å². The van der Waals surface area contributed by atoms with Gasteiger partial charge in [-0.25, -0.2) is 0 Å². The average Bonchev–Trinajstić information content (AvgIpc) is 2.66. The van der Waals surface area contributed by atoms with E-state index in [1.165, 1.54) is 21.7 Å². The summed E-state index contributed by atoms with van der Waals surface area (Å²) in [5, 5.41) is 3.48. The van der Waals surface area contributed by atoms with Crippen LogP contribution < -0.4 is 5.32 Å². The first-order chi connectivity index (χ1) is 8.58. The van der Waals surface area contributed by atoms with E-state index in [9.17, 15) is 0 Å². The highest BCUT2D eigenvalue weighted by atomic mass is 32.1. The van der Waals surface area contributed by atoms with Crippen LogP contribution in [-0.2, 0) is 13.1 Å². The minimum atomic E-state index is 0.621. The number of aryl methyl sites for hydroxylation is 1. The van der Waals surface area contributed by atoms with Gasteiger partial charge in [-0.3, -0.25) is 4.90 Å². The molecule has 0 unspecified atom stereocenters. The number of nitrogens with zero attached hydrogens (tertiary/aromatic N) is 1. The highest BCUT2D eigenvalue weighted by Gasteiger charge is 2.11. The van der Waals surface area contributed by atoms with E-state index < -0.39 is 0 Å². The molecule has 1 N–H and O–H groups in total. The zero-order chi connectivity index (χ0) is 13.5. The van der Waals surface area contributed by atoms with Gasteiger partial charge in [0.05, 0.1) is 0 Å². The van der Waals surface area contributed by atoms with E-state index in [0.29, 0.717) is 6.04 Å². The molecule has 1 aromatic heterocycles. The topological polar surface area (TPSA) is 15.3 Å². The molecule has 1 aromatic rings. The van der Waals surface area contributed by atoms with Crippen LogP contribution >= 0.6 is 11.3 Å². The van der Waals surface area contributed by atoms with Crippen molar-refractivity contribution in [1.29, 1.82) is 0 Å². The number of nitrogens with one attached hydrogen (secondary N) is 1. The zero-order valence-electron chi connectivity index (χ0n) is 12.5. The van der Waals surface area contributed by atoms with Crippen LogP contribution in [0.5, 0.6) is 0 Å². The largest absolute Gasteiger partial charge is 0.312 e. The summed E-state index contributed by atoms with van der Waals surface area (Å²) in [5.41, 5.74) is 1.50. The molecule has 0 aromatic carbocycles. The third-order valence-electron chi connectivity index (χ3n) is 3.31. The first-order valence-electron chi connectivity index (χ1n) is 7.11. The summed E-state index contributed by atoms with van der Waals surface area (Å²) in [7, 11) is 0. The second-order valence-corrected chi connectivity index (χ2v) is 6.47. The lowest BCUT2D eigenvalue weighted by atomic mass is 10.2. The quantitative estimate of drug-likeness (QED) is 0.722. The second-order valence-electron chi connectivity index (χ2n) is 5.13. The van der Waals surface area contributed by atoms with Gasteiger partial charge in [0.25, 0.3) is 0 Å². The van der Waals surface area contributed by atoms with E-state index in [4.69, 9.17) is 0 Å². The Labute approximate surface area is 116 Å². The predicted molar refractivity (Wildman–Crippen MR) is 82.3 cm³/mol. The van der Waals surface area contributed by atoms with Gasteiger partial charge in [-0.1, -0.05) is 13.8 Å². The summed E-state index contributed by atoms with van der Waals surface area (Å²) in [6.07, 6.45) is 1.20. The van der Waals surface area contributed by atoms with E-state index in [0.717, 1.165) is 26.2 Å². The van der Waals surface area contributed by atoms with Crippen LogP contribution in [-0.4, -0.2) is 24.0 Å². The minimum absolute atomic E-state index is 0.621. The summed E-state index contributed by atoms with van der Waals surface area (Å²) in [6, 6.07) is 3.00. The summed E-state index contributed by atoms with van der Waals surface area (Å²) in [4.78, 5) is 5.45. The molecule has 0 amide bonds. The maximum atomic E-state index is 3.48. The third kappa shape index (κ3) is 4.71. The standard InChI is InChI=1S/C15H28N2S/c1-6-8-16-10-15-9-14(13(5)18-15)11-17(7-2)12(3)4/h9,12,16H,6-8,10-11H2,1-5H3. The Kier molecular flexibility index (Phi) is 6.90. The van der Waals surface area contributed by atoms with Gasteiger partial charge in [0.15, 0.2) is 0 Å². The molecule has 0 atom stereocenters. The summed E-state index contributed by atoms with van der Waals surface area (Å²) < 4.78 is 0. The van der Waals surface area contributed by atoms with E-state index in [1.54, 1.807) is 0 Å². The highest BCUT2D eigenvalue weighted by Crippen LogP contribution is 2.23. The maximum Gasteiger partial charge on any atom is 0.0299 e. The van der Waals surface area contributed by atoms with Crippen molar-refractivity contribution in [3.05, 3.63) is 21.4 Å². The van der Waals surface area contributed by atoms with Gasteiger partial charge in [0, 0.05) is 28.9 Å². The zero-order valence-corrected chi connectivity index (χ0v) is 13.4. The Morgan fingerprint density at radius 1 is 1.33 bits per heavy atom. The maximum absolute atomic E-state index is 3.48. The molecule has 1 heterocycles. The van der Waals surface area contributed by atoms with Crippen LogP contribution in [0, 0.1) is 6.92 Å². The number of hydrogen-bond acceptors (Lipinski definition) is 3. The minimum Gasteiger partial charge on any atom is -0.312 e. The lowest BCUT2D eigenvalue weighted by Gasteiger charge is -2.24. The Bertz CT molecular complexity index is 344. The first kappa shape index (κ1) is 15.7. The van der Waals surface area contributed by atoms with E-state index in [2.05, 4.69) is 50.9 Å². The Morgan fingerprint density at radius 2 is 2.06 bits per heavy atom. The van der Waals surface area contributed by atoms with Gasteiger partial charge in [-0.2, -0.15) is 0 Å². The Morgan fingerprint density at radius 3 is 2.61 bits per heavy atom. The van der Waals surface area contributed by atoms with Crippen LogP contribution in [0.2, 0.25) is 0 Å². The molecular formula is C15H28N2S. The number of hydrogen-bond donors (Lipinski definition) is 1. The molecule has 2 nitrogen and oxygen atoms in total. The van der Waals surface area contributed by atoms with E-state index in [-0.39, 0.29) is 0 Å². The Hall–Kier alpha value is -0.380. The van der Waals surface area contributed by atoms with Crippen molar-refractivity contribution in [3.8, 4) is 0 Å². The molecular weight excluding hydrogens is 240 g/mol. The molecule has 0 radical (unpaired) electrons. The van der Waals surface area contributed by atoms with Crippen molar-refractivity contribution in [1.82, 2.24) is 10.2 Å². The van der Waals surface area contributed by atoms with Crippen molar-refractivity contribution in [2.45, 2.75) is 60.2 Å². The van der Waals surface area contributed by atoms with Crippen molar-refractivity contribution in [2.24, 2.45) is 0 Å².